The molecule has 1 aromatic rings. The summed E-state index contributed by atoms with van der Waals surface area (Å²) in [6.07, 6.45) is 8.05. The summed E-state index contributed by atoms with van der Waals surface area (Å²) < 4.78 is 0. The van der Waals surface area contributed by atoms with E-state index in [1.54, 1.807) is 11.3 Å². The lowest BCUT2D eigenvalue weighted by Gasteiger charge is -2.23. The quantitative estimate of drug-likeness (QED) is 0.828. The van der Waals surface area contributed by atoms with E-state index in [1.807, 2.05) is 0 Å². The van der Waals surface area contributed by atoms with E-state index in [0.717, 1.165) is 52.0 Å². The Hall–Kier alpha value is -0.940. The number of hydrogen-bond donors (Lipinski definition) is 0. The zero-order valence-electron chi connectivity index (χ0n) is 14.3. The molecular weight excluding hydrogens is 306 g/mol. The van der Waals surface area contributed by atoms with E-state index in [2.05, 4.69) is 27.1 Å². The summed E-state index contributed by atoms with van der Waals surface area (Å²) in [5, 5.41) is 3.41. The summed E-state index contributed by atoms with van der Waals surface area (Å²) in [4.78, 5) is 21.7. The molecule has 1 aliphatic carbocycles. The Labute approximate surface area is 143 Å². The van der Waals surface area contributed by atoms with Crippen molar-refractivity contribution in [3.8, 4) is 0 Å². The molecule has 4 nitrogen and oxygen atoms in total. The largest absolute Gasteiger partial charge is 0.341 e. The number of thiazole rings is 1. The molecule has 0 atom stereocenters. The molecule has 128 valence electrons. The second kappa shape index (κ2) is 8.25. The van der Waals surface area contributed by atoms with Crippen molar-refractivity contribution in [1.29, 1.82) is 0 Å². The van der Waals surface area contributed by atoms with Crippen LogP contribution in [0.1, 0.15) is 56.2 Å². The van der Waals surface area contributed by atoms with Gasteiger partial charge in [0.2, 0.25) is 5.91 Å². The highest BCUT2D eigenvalue weighted by Crippen LogP contribution is 2.28. The van der Waals surface area contributed by atoms with Crippen LogP contribution in [0.25, 0.3) is 0 Å². The highest BCUT2D eigenvalue weighted by atomic mass is 32.1. The SMILES string of the molecule is CCc1nc(CN2CCCN(C(=O)CC3CCCC3)CC2)cs1. The van der Waals surface area contributed by atoms with Gasteiger partial charge in [-0.2, -0.15) is 0 Å². The van der Waals surface area contributed by atoms with Crippen LogP contribution in [0.4, 0.5) is 0 Å². The molecule has 0 aromatic carbocycles. The van der Waals surface area contributed by atoms with Crippen molar-refractivity contribution >= 4 is 17.2 Å². The average molecular weight is 336 g/mol. The molecule has 2 aliphatic rings. The fraction of sp³-hybridized carbons (Fsp3) is 0.778. The van der Waals surface area contributed by atoms with Crippen LogP contribution in [0, 0.1) is 5.92 Å². The number of rotatable bonds is 5. The Kier molecular flexibility index (Phi) is 6.06. The van der Waals surface area contributed by atoms with Crippen LogP contribution >= 0.6 is 11.3 Å². The van der Waals surface area contributed by atoms with Crippen LogP contribution in [-0.4, -0.2) is 46.9 Å². The average Bonchev–Trinajstić information content (AvgIpc) is 3.16. The summed E-state index contributed by atoms with van der Waals surface area (Å²) >= 11 is 1.76. The maximum atomic E-state index is 12.5. The Morgan fingerprint density at radius 2 is 2.04 bits per heavy atom. The van der Waals surface area contributed by atoms with Gasteiger partial charge in [-0.15, -0.1) is 11.3 Å². The molecule has 1 saturated carbocycles. The van der Waals surface area contributed by atoms with E-state index in [1.165, 1.54) is 36.4 Å². The predicted molar refractivity (Wildman–Crippen MR) is 94.5 cm³/mol. The molecule has 3 rings (SSSR count). The third kappa shape index (κ3) is 4.77. The Morgan fingerprint density at radius 3 is 2.78 bits per heavy atom. The summed E-state index contributed by atoms with van der Waals surface area (Å²) in [6, 6.07) is 0. The first-order chi connectivity index (χ1) is 11.2. The molecule has 0 bridgehead atoms. The number of hydrogen-bond acceptors (Lipinski definition) is 4. The zero-order chi connectivity index (χ0) is 16.1. The minimum atomic E-state index is 0.390. The monoisotopic (exact) mass is 335 g/mol. The highest BCUT2D eigenvalue weighted by molar-refractivity contribution is 7.09. The molecule has 0 N–H and O–H groups in total. The molecule has 1 saturated heterocycles. The van der Waals surface area contributed by atoms with Crippen molar-refractivity contribution in [2.45, 2.75) is 58.4 Å². The van der Waals surface area contributed by atoms with E-state index in [4.69, 9.17) is 0 Å². The van der Waals surface area contributed by atoms with Crippen LogP contribution in [0.3, 0.4) is 0 Å². The van der Waals surface area contributed by atoms with Gasteiger partial charge in [-0.1, -0.05) is 19.8 Å². The Morgan fingerprint density at radius 1 is 1.22 bits per heavy atom. The molecule has 5 heteroatoms. The van der Waals surface area contributed by atoms with Crippen molar-refractivity contribution in [2.75, 3.05) is 26.2 Å². The highest BCUT2D eigenvalue weighted by Gasteiger charge is 2.24. The second-order valence-corrected chi connectivity index (χ2v) is 7.89. The van der Waals surface area contributed by atoms with Crippen molar-refractivity contribution in [3.05, 3.63) is 16.1 Å². The Balaban J connectivity index is 1.47. The fourth-order valence-electron chi connectivity index (χ4n) is 3.78. The van der Waals surface area contributed by atoms with Crippen LogP contribution in [0.2, 0.25) is 0 Å². The lowest BCUT2D eigenvalue weighted by Crippen LogP contribution is -2.35. The first-order valence-corrected chi connectivity index (χ1v) is 10.1. The molecule has 1 aromatic heterocycles. The molecule has 23 heavy (non-hydrogen) atoms. The number of amides is 1. The van der Waals surface area contributed by atoms with E-state index >= 15 is 0 Å². The second-order valence-electron chi connectivity index (χ2n) is 6.95. The summed E-state index contributed by atoms with van der Waals surface area (Å²) in [6.45, 7) is 6.96. The van der Waals surface area contributed by atoms with Gasteiger partial charge in [0, 0.05) is 44.5 Å². The maximum absolute atomic E-state index is 12.5. The molecule has 2 heterocycles. The van der Waals surface area contributed by atoms with Gasteiger partial charge in [0.05, 0.1) is 10.7 Å². The summed E-state index contributed by atoms with van der Waals surface area (Å²) in [5.74, 6) is 1.05. The van der Waals surface area contributed by atoms with Gasteiger partial charge in [0.15, 0.2) is 0 Å². The van der Waals surface area contributed by atoms with Gasteiger partial charge < -0.3 is 4.90 Å². The molecule has 0 spiro atoms. The third-order valence-electron chi connectivity index (χ3n) is 5.17. The normalized spacial score (nSPS) is 20.8. The standard InChI is InChI=1S/C18H29N3OS/c1-2-17-19-16(14-23-17)13-20-8-5-9-21(11-10-20)18(22)12-15-6-3-4-7-15/h14-15H,2-13H2,1H3. The minimum Gasteiger partial charge on any atom is -0.341 e. The first kappa shape index (κ1) is 16.9. The van der Waals surface area contributed by atoms with Crippen molar-refractivity contribution in [2.24, 2.45) is 5.92 Å². The van der Waals surface area contributed by atoms with E-state index in [-0.39, 0.29) is 0 Å². The topological polar surface area (TPSA) is 36.4 Å². The third-order valence-corrected chi connectivity index (χ3v) is 6.21. The first-order valence-electron chi connectivity index (χ1n) is 9.18. The van der Waals surface area contributed by atoms with Gasteiger partial charge in [-0.05, 0) is 31.6 Å². The van der Waals surface area contributed by atoms with E-state index < -0.39 is 0 Å². The van der Waals surface area contributed by atoms with Crippen molar-refractivity contribution < 1.29 is 4.79 Å². The number of nitrogens with zero attached hydrogens (tertiary/aromatic N) is 3. The zero-order valence-corrected chi connectivity index (χ0v) is 15.1. The van der Waals surface area contributed by atoms with Gasteiger partial charge in [0.25, 0.3) is 0 Å². The number of carbonyl (C=O) groups excluding carboxylic acids is 1. The maximum Gasteiger partial charge on any atom is 0.222 e. The smallest absolute Gasteiger partial charge is 0.222 e. The minimum absolute atomic E-state index is 0.390. The van der Waals surface area contributed by atoms with Gasteiger partial charge in [0.1, 0.15) is 0 Å². The van der Waals surface area contributed by atoms with Gasteiger partial charge >= 0.3 is 0 Å². The van der Waals surface area contributed by atoms with Crippen molar-refractivity contribution in [3.63, 3.8) is 0 Å². The lowest BCUT2D eigenvalue weighted by molar-refractivity contribution is -0.132. The van der Waals surface area contributed by atoms with E-state index in [9.17, 15) is 4.79 Å². The van der Waals surface area contributed by atoms with Crippen LogP contribution in [0.5, 0.6) is 0 Å². The number of aromatic nitrogens is 1. The summed E-state index contributed by atoms with van der Waals surface area (Å²) in [7, 11) is 0. The Bertz CT molecular complexity index is 510. The molecule has 1 aliphatic heterocycles. The predicted octanol–water partition coefficient (Wildman–Crippen LogP) is 3.32. The summed E-state index contributed by atoms with van der Waals surface area (Å²) in [5.41, 5.74) is 1.19. The van der Waals surface area contributed by atoms with Crippen LogP contribution < -0.4 is 0 Å². The molecule has 2 fully saturated rings. The number of carbonyl (C=O) groups is 1. The molecule has 1 amide bonds. The van der Waals surface area contributed by atoms with Crippen molar-refractivity contribution in [1.82, 2.24) is 14.8 Å². The van der Waals surface area contributed by atoms with Crippen LogP contribution in [-0.2, 0) is 17.8 Å². The molecule has 0 unspecified atom stereocenters. The van der Waals surface area contributed by atoms with Gasteiger partial charge in [-0.3, -0.25) is 9.69 Å². The fourth-order valence-corrected chi connectivity index (χ4v) is 4.52. The van der Waals surface area contributed by atoms with Crippen LogP contribution in [0.15, 0.2) is 5.38 Å². The molecule has 0 radical (unpaired) electrons. The van der Waals surface area contributed by atoms with E-state index in [0.29, 0.717) is 11.8 Å². The number of aryl methyl sites for hydroxylation is 1. The van der Waals surface area contributed by atoms with Gasteiger partial charge in [-0.25, -0.2) is 4.98 Å². The molecular formula is C18H29N3OS. The lowest BCUT2D eigenvalue weighted by atomic mass is 10.0.